The van der Waals surface area contributed by atoms with Gasteiger partial charge in [0.15, 0.2) is 0 Å². The van der Waals surface area contributed by atoms with Gasteiger partial charge in [-0.2, -0.15) is 11.8 Å². The Morgan fingerprint density at radius 2 is 2.27 bits per heavy atom. The molecule has 4 nitrogen and oxygen atoms in total. The number of hydrogen-bond acceptors (Lipinski definition) is 4. The fraction of sp³-hybridized carbons (Fsp3) is 0.625. The van der Waals surface area contributed by atoms with Gasteiger partial charge in [-0.15, -0.1) is 0 Å². The molecule has 0 bridgehead atoms. The minimum Gasteiger partial charge on any atom is -0.474 e. The Balaban J connectivity index is 1.99. The Kier molecular flexibility index (Phi) is 6.38. The third kappa shape index (κ3) is 4.78. The monoisotopic (exact) mass is 342 g/mol. The number of pyridine rings is 1. The predicted molar refractivity (Wildman–Crippen MR) is 92.0 cm³/mol. The molecule has 1 aromatic rings. The summed E-state index contributed by atoms with van der Waals surface area (Å²) in [5.74, 6) is 0.255. The van der Waals surface area contributed by atoms with Crippen LogP contribution in [0, 0.1) is 0 Å². The summed E-state index contributed by atoms with van der Waals surface area (Å²) in [5.41, 5.74) is 0.479. The van der Waals surface area contributed by atoms with Gasteiger partial charge >= 0.3 is 0 Å². The van der Waals surface area contributed by atoms with Gasteiger partial charge in [0.05, 0.1) is 11.7 Å². The highest BCUT2D eigenvalue weighted by atomic mass is 35.5. The van der Waals surface area contributed by atoms with Gasteiger partial charge in [-0.3, -0.25) is 4.79 Å². The van der Waals surface area contributed by atoms with Crippen LogP contribution in [0.4, 0.5) is 0 Å². The summed E-state index contributed by atoms with van der Waals surface area (Å²) in [6.45, 7) is 3.81. The number of ether oxygens (including phenoxy) is 1. The van der Waals surface area contributed by atoms with Crippen molar-refractivity contribution in [3.63, 3.8) is 0 Å². The quantitative estimate of drug-likeness (QED) is 0.881. The van der Waals surface area contributed by atoms with Crippen LogP contribution in [0.3, 0.4) is 0 Å². The van der Waals surface area contributed by atoms with E-state index in [-0.39, 0.29) is 18.1 Å². The van der Waals surface area contributed by atoms with Crippen molar-refractivity contribution in [1.82, 2.24) is 10.3 Å². The molecule has 1 heterocycles. The summed E-state index contributed by atoms with van der Waals surface area (Å²) in [7, 11) is 0. The van der Waals surface area contributed by atoms with Gasteiger partial charge < -0.3 is 10.1 Å². The number of halogens is 1. The van der Waals surface area contributed by atoms with Gasteiger partial charge in [-0.05, 0) is 45.4 Å². The summed E-state index contributed by atoms with van der Waals surface area (Å²) < 4.78 is 5.48. The molecule has 2 rings (SSSR count). The Morgan fingerprint density at radius 1 is 1.50 bits per heavy atom. The lowest BCUT2D eigenvalue weighted by atomic mass is 9.95. The van der Waals surface area contributed by atoms with Crippen molar-refractivity contribution in [3.05, 3.63) is 22.8 Å². The van der Waals surface area contributed by atoms with Gasteiger partial charge in [-0.25, -0.2) is 4.98 Å². The number of thioether (sulfide) groups is 1. The normalized spacial score (nSPS) is 21.7. The second-order valence-electron chi connectivity index (χ2n) is 5.87. The number of carbonyl (C=O) groups excluding carboxylic acids is 1. The van der Waals surface area contributed by atoms with E-state index in [9.17, 15) is 4.79 Å². The first-order chi connectivity index (χ1) is 10.5. The molecule has 1 amide bonds. The number of amides is 1. The van der Waals surface area contributed by atoms with Crippen molar-refractivity contribution in [3.8, 4) is 5.88 Å². The van der Waals surface area contributed by atoms with E-state index in [1.165, 1.54) is 12.6 Å². The van der Waals surface area contributed by atoms with Gasteiger partial charge in [-0.1, -0.05) is 18.0 Å². The van der Waals surface area contributed by atoms with Crippen molar-refractivity contribution >= 4 is 29.3 Å². The maximum Gasteiger partial charge on any atom is 0.253 e. The van der Waals surface area contributed by atoms with E-state index >= 15 is 0 Å². The highest BCUT2D eigenvalue weighted by molar-refractivity contribution is 7.99. The third-order valence-electron chi connectivity index (χ3n) is 3.71. The van der Waals surface area contributed by atoms with E-state index in [1.54, 1.807) is 6.07 Å². The molecular formula is C16H23ClN2O2S. The smallest absolute Gasteiger partial charge is 0.253 e. The fourth-order valence-electron chi connectivity index (χ4n) is 2.62. The lowest BCUT2D eigenvalue weighted by Crippen LogP contribution is -2.39. The fourth-order valence-corrected chi connectivity index (χ4v) is 3.66. The number of nitrogens with zero attached hydrogens (tertiary/aromatic N) is 1. The van der Waals surface area contributed by atoms with Crippen LogP contribution in [0.15, 0.2) is 12.3 Å². The average molecular weight is 343 g/mol. The minimum atomic E-state index is -0.114. The van der Waals surface area contributed by atoms with Crippen molar-refractivity contribution in [2.75, 3.05) is 6.26 Å². The first-order valence-electron chi connectivity index (χ1n) is 7.65. The van der Waals surface area contributed by atoms with Gasteiger partial charge in [0.2, 0.25) is 5.88 Å². The molecule has 6 heteroatoms. The molecule has 1 aromatic heterocycles. The lowest BCUT2D eigenvalue weighted by molar-refractivity contribution is 0.0928. The highest BCUT2D eigenvalue weighted by Gasteiger charge is 2.23. The maximum absolute atomic E-state index is 12.3. The molecule has 1 N–H and O–H groups in total. The van der Waals surface area contributed by atoms with Gasteiger partial charge in [0.1, 0.15) is 5.02 Å². The maximum atomic E-state index is 12.3. The summed E-state index contributed by atoms with van der Waals surface area (Å²) in [4.78, 5) is 16.5. The zero-order chi connectivity index (χ0) is 16.1. The molecule has 1 aliphatic rings. The third-order valence-corrected chi connectivity index (χ3v) is 5.08. The topological polar surface area (TPSA) is 51.2 Å². The van der Waals surface area contributed by atoms with Gasteiger partial charge in [0.25, 0.3) is 5.91 Å². The summed E-state index contributed by atoms with van der Waals surface area (Å²) >= 11 is 8.02. The van der Waals surface area contributed by atoms with E-state index in [0.717, 1.165) is 19.3 Å². The first-order valence-corrected chi connectivity index (χ1v) is 9.32. The van der Waals surface area contributed by atoms with Crippen LogP contribution in [0.5, 0.6) is 5.88 Å². The van der Waals surface area contributed by atoms with Crippen LogP contribution < -0.4 is 10.1 Å². The van der Waals surface area contributed by atoms with Crippen LogP contribution >= 0.6 is 23.4 Å². The van der Waals surface area contributed by atoms with E-state index < -0.39 is 0 Å². The van der Waals surface area contributed by atoms with E-state index in [2.05, 4.69) is 16.6 Å². The Hall–Kier alpha value is -0.940. The van der Waals surface area contributed by atoms with Crippen molar-refractivity contribution < 1.29 is 9.53 Å². The summed E-state index contributed by atoms with van der Waals surface area (Å²) in [6, 6.07) is 1.86. The molecule has 122 valence electrons. The Labute approximate surface area is 141 Å². The van der Waals surface area contributed by atoms with Crippen LogP contribution in [0.25, 0.3) is 0 Å². The SMILES string of the molecule is CSC1CCCC(NC(=O)c2cnc(OC(C)C)c(Cl)c2)C1. The number of nitrogens with one attached hydrogen (secondary N) is 1. The van der Waals surface area contributed by atoms with E-state index in [4.69, 9.17) is 16.3 Å². The molecule has 22 heavy (non-hydrogen) atoms. The molecular weight excluding hydrogens is 320 g/mol. The van der Waals surface area contributed by atoms with E-state index in [0.29, 0.717) is 21.7 Å². The molecule has 0 aliphatic heterocycles. The molecule has 1 aliphatic carbocycles. The van der Waals surface area contributed by atoms with Crippen LogP contribution in [0.1, 0.15) is 49.9 Å². The molecule has 1 saturated carbocycles. The summed E-state index contributed by atoms with van der Waals surface area (Å²) in [6.07, 6.45) is 8.12. The second kappa shape index (κ2) is 8.06. The van der Waals surface area contributed by atoms with Crippen LogP contribution in [-0.4, -0.2) is 34.5 Å². The molecule has 1 fully saturated rings. The summed E-state index contributed by atoms with van der Waals surface area (Å²) in [5, 5.41) is 4.10. The molecule has 2 atom stereocenters. The zero-order valence-electron chi connectivity index (χ0n) is 13.3. The molecule has 2 unspecified atom stereocenters. The number of aromatic nitrogens is 1. The number of hydrogen-bond donors (Lipinski definition) is 1. The Morgan fingerprint density at radius 3 is 2.91 bits per heavy atom. The molecule has 0 saturated heterocycles. The predicted octanol–water partition coefficient (Wildman–Crippen LogP) is 3.93. The van der Waals surface area contributed by atoms with Crippen LogP contribution in [-0.2, 0) is 0 Å². The number of carbonyl (C=O) groups is 1. The largest absolute Gasteiger partial charge is 0.474 e. The second-order valence-corrected chi connectivity index (χ2v) is 7.42. The number of rotatable bonds is 5. The van der Waals surface area contributed by atoms with Gasteiger partial charge in [0, 0.05) is 17.5 Å². The lowest BCUT2D eigenvalue weighted by Gasteiger charge is -2.28. The zero-order valence-corrected chi connectivity index (χ0v) is 14.8. The molecule has 0 spiro atoms. The standard InChI is InChI=1S/C16H23ClN2O2S/c1-10(2)21-16-14(17)7-11(9-18-16)15(20)19-12-5-4-6-13(8-12)22-3/h7,9-10,12-13H,4-6,8H2,1-3H3,(H,19,20). The van der Waals surface area contributed by atoms with E-state index in [1.807, 2.05) is 25.6 Å². The van der Waals surface area contributed by atoms with Crippen LogP contribution in [0.2, 0.25) is 5.02 Å². The highest BCUT2D eigenvalue weighted by Crippen LogP contribution is 2.27. The first kappa shape index (κ1) is 17.4. The Bertz CT molecular complexity index is 525. The minimum absolute atomic E-state index is 0.00427. The molecule has 0 radical (unpaired) electrons. The van der Waals surface area contributed by atoms with Crippen molar-refractivity contribution in [2.45, 2.75) is 56.9 Å². The molecule has 0 aromatic carbocycles. The average Bonchev–Trinajstić information content (AvgIpc) is 2.49. The van der Waals surface area contributed by atoms with Crippen molar-refractivity contribution in [1.29, 1.82) is 0 Å². The van der Waals surface area contributed by atoms with Crippen molar-refractivity contribution in [2.24, 2.45) is 0 Å².